The number of para-hydroxylation sites is 1. The first kappa shape index (κ1) is 21.6. The van der Waals surface area contributed by atoms with E-state index in [0.29, 0.717) is 7.25 Å². The van der Waals surface area contributed by atoms with E-state index in [1.807, 2.05) is 0 Å². The fraction of sp³-hybridized carbons (Fsp3) is 0.111. The van der Waals surface area contributed by atoms with Gasteiger partial charge in [-0.25, -0.2) is 0 Å². The van der Waals surface area contributed by atoms with Crippen LogP contribution in [0.2, 0.25) is 0 Å². The second-order valence-electron chi connectivity index (χ2n) is 7.94. The van der Waals surface area contributed by atoms with E-state index in [9.17, 15) is 0 Å². The third-order valence-electron chi connectivity index (χ3n) is 6.20. The molecule has 0 fully saturated rings. The molecule has 4 heteroatoms. The summed E-state index contributed by atoms with van der Waals surface area (Å²) in [6, 6.07) is 29.1. The van der Waals surface area contributed by atoms with Crippen LogP contribution in [0, 0.1) is 6.92 Å². The molecule has 3 aromatic carbocycles. The van der Waals surface area contributed by atoms with Crippen molar-refractivity contribution in [2.24, 2.45) is 0 Å². The maximum absolute atomic E-state index is 2.52. The molecule has 2 aliphatic carbocycles. The quantitative estimate of drug-likeness (QED) is 0.403. The molecule has 0 spiro atoms. The Hall–Kier alpha value is -2.58. The minimum atomic E-state index is -0.835. The first-order chi connectivity index (χ1) is 14.3. The predicted octanol–water partition coefficient (Wildman–Crippen LogP) is 0.861. The monoisotopic (exact) mass is 487 g/mol. The Labute approximate surface area is 192 Å². The molecule has 0 bridgehead atoms. The fourth-order valence-electron chi connectivity index (χ4n) is 4.89. The van der Waals surface area contributed by atoms with Crippen LogP contribution in [0.25, 0.3) is 28.8 Å². The van der Waals surface area contributed by atoms with Crippen LogP contribution in [0.3, 0.4) is 0 Å². The van der Waals surface area contributed by atoms with Crippen LogP contribution in [0.4, 0.5) is 0 Å². The molecule has 2 aliphatic rings. The number of aromatic nitrogens is 1. The molecule has 31 heavy (non-hydrogen) atoms. The van der Waals surface area contributed by atoms with Crippen LogP contribution in [-0.2, 0) is 23.2 Å². The largest absolute Gasteiger partial charge is 1.00 e. The molecule has 0 N–H and O–H groups in total. The number of aryl methyl sites for hydroxylation is 1. The third-order valence-corrected chi connectivity index (χ3v) is 10.6. The summed E-state index contributed by atoms with van der Waals surface area (Å²) in [5.41, 5.74) is 10.0. The summed E-state index contributed by atoms with van der Waals surface area (Å²) >= 11 is -0.835. The van der Waals surface area contributed by atoms with Gasteiger partial charge in [0.25, 0.3) is 0 Å². The molecule has 4 aromatic rings. The molecule has 1 aromatic heterocycles. The molecule has 0 saturated heterocycles. The van der Waals surface area contributed by atoms with Crippen LogP contribution >= 0.6 is 0 Å². The minimum Gasteiger partial charge on any atom is -1.00 e. The number of nitrogens with zero attached hydrogens (tertiary/aromatic N) is 1. The number of halogens is 2. The average Bonchev–Trinajstić information content (AvgIpc) is 3.41. The first-order valence-corrected chi connectivity index (χ1v) is 13.0. The Bertz CT molecular complexity index is 1320. The summed E-state index contributed by atoms with van der Waals surface area (Å²) in [6.07, 6.45) is 7.25. The van der Waals surface area contributed by atoms with Gasteiger partial charge in [0.2, 0.25) is 0 Å². The maximum atomic E-state index is 2.52. The van der Waals surface area contributed by atoms with Crippen LogP contribution in [0.15, 0.2) is 84.9 Å². The third kappa shape index (κ3) is 3.47. The van der Waals surface area contributed by atoms with E-state index in [4.69, 9.17) is 0 Å². The second kappa shape index (κ2) is 8.51. The van der Waals surface area contributed by atoms with Gasteiger partial charge in [-0.2, -0.15) is 0 Å². The van der Waals surface area contributed by atoms with Crippen LogP contribution in [0.5, 0.6) is 0 Å². The van der Waals surface area contributed by atoms with Gasteiger partial charge in [-0.05, 0) is 0 Å². The topological polar surface area (TPSA) is 4.93 Å². The molecule has 0 saturated carbocycles. The van der Waals surface area contributed by atoms with Crippen molar-refractivity contribution in [1.82, 2.24) is 4.57 Å². The second-order valence-corrected chi connectivity index (χ2v) is 11.7. The van der Waals surface area contributed by atoms with Crippen molar-refractivity contribution in [3.05, 3.63) is 113 Å². The Kier molecular flexibility index (Phi) is 5.94. The van der Waals surface area contributed by atoms with Gasteiger partial charge in [-0.3, -0.25) is 0 Å². The molecular weight excluding hydrogens is 468 g/mol. The van der Waals surface area contributed by atoms with Gasteiger partial charge >= 0.3 is 184 Å². The smallest absolute Gasteiger partial charge is 1.00 e. The van der Waals surface area contributed by atoms with E-state index in [0.717, 1.165) is 0 Å². The SMILES string of the molecule is Cc1cc2ccccc2n1C1=Cc2ccccc2[CH]1[Zr+2][CH]1C=Cc2ccccc21.[F-].[F-]. The van der Waals surface area contributed by atoms with Crippen molar-refractivity contribution in [1.29, 1.82) is 0 Å². The van der Waals surface area contributed by atoms with Gasteiger partial charge in [0.15, 0.2) is 0 Å². The van der Waals surface area contributed by atoms with Crippen molar-refractivity contribution in [3.63, 3.8) is 0 Å². The zero-order valence-corrected chi connectivity index (χ0v) is 19.6. The average molecular weight is 489 g/mol. The van der Waals surface area contributed by atoms with E-state index in [1.54, 1.807) is 0 Å². The van der Waals surface area contributed by atoms with E-state index < -0.39 is 23.2 Å². The molecule has 0 amide bonds. The van der Waals surface area contributed by atoms with Crippen LogP contribution in [-0.4, -0.2) is 4.57 Å². The fourth-order valence-corrected chi connectivity index (χ4v) is 9.40. The number of fused-ring (bicyclic) bond motifs is 3. The van der Waals surface area contributed by atoms with Gasteiger partial charge in [0.1, 0.15) is 0 Å². The molecular formula is C27H21F2NZr. The number of allylic oxidation sites excluding steroid dienone is 2. The summed E-state index contributed by atoms with van der Waals surface area (Å²) in [6.45, 7) is 2.25. The summed E-state index contributed by atoms with van der Waals surface area (Å²) in [7, 11) is 0. The Morgan fingerprint density at radius 2 is 1.45 bits per heavy atom. The summed E-state index contributed by atoms with van der Waals surface area (Å²) < 4.78 is 3.72. The summed E-state index contributed by atoms with van der Waals surface area (Å²) in [4.78, 5) is 0. The van der Waals surface area contributed by atoms with Gasteiger partial charge in [-0.15, -0.1) is 0 Å². The number of benzene rings is 3. The number of hydrogen-bond acceptors (Lipinski definition) is 0. The molecule has 2 unspecified atom stereocenters. The van der Waals surface area contributed by atoms with Crippen molar-refractivity contribution < 1.29 is 32.6 Å². The normalized spacial score (nSPS) is 17.9. The first-order valence-electron chi connectivity index (χ1n) is 10.2. The molecule has 2 atom stereocenters. The van der Waals surface area contributed by atoms with Gasteiger partial charge in [-0.1, -0.05) is 0 Å². The van der Waals surface area contributed by atoms with Crippen molar-refractivity contribution in [3.8, 4) is 0 Å². The molecule has 152 valence electrons. The molecule has 1 nitrogen and oxygen atoms in total. The van der Waals surface area contributed by atoms with E-state index in [-0.39, 0.29) is 9.41 Å². The number of rotatable bonds is 3. The maximum Gasteiger partial charge on any atom is -1.00 e. The number of hydrogen-bond donors (Lipinski definition) is 0. The van der Waals surface area contributed by atoms with Crippen molar-refractivity contribution in [2.45, 2.75) is 14.2 Å². The van der Waals surface area contributed by atoms with Crippen molar-refractivity contribution >= 4 is 28.8 Å². The van der Waals surface area contributed by atoms with Gasteiger partial charge < -0.3 is 9.41 Å². The standard InChI is InChI=1S/C18H14N.C9H7.2FH.Zr/c1-13-10-16-8-4-5-9-18(16)19(13)17-11-14-6-2-3-7-15(14)12-17;1-2-5-9-7-3-6-8(9)4-1;;;/h2-12H,1H3;1-7H;2*1H;/q;;;;+2/p-2. The zero-order valence-electron chi connectivity index (χ0n) is 17.1. The zero-order chi connectivity index (χ0) is 19.4. The molecule has 1 heterocycles. The van der Waals surface area contributed by atoms with Gasteiger partial charge in [0.05, 0.1) is 0 Å². The Balaban J connectivity index is 0.00000116. The molecule has 6 rings (SSSR count). The van der Waals surface area contributed by atoms with Crippen molar-refractivity contribution in [2.75, 3.05) is 0 Å². The minimum absolute atomic E-state index is 0. The summed E-state index contributed by atoms with van der Waals surface area (Å²) in [5.74, 6) is 0. The Morgan fingerprint density at radius 1 is 0.774 bits per heavy atom. The predicted molar refractivity (Wildman–Crippen MR) is 118 cm³/mol. The van der Waals surface area contributed by atoms with E-state index >= 15 is 0 Å². The van der Waals surface area contributed by atoms with Gasteiger partial charge in [0, 0.05) is 0 Å². The van der Waals surface area contributed by atoms with Crippen LogP contribution < -0.4 is 9.41 Å². The van der Waals surface area contributed by atoms with Crippen LogP contribution in [0.1, 0.15) is 35.2 Å². The Morgan fingerprint density at radius 3 is 2.29 bits per heavy atom. The molecule has 0 radical (unpaired) electrons. The van der Waals surface area contributed by atoms with E-state index in [1.165, 1.54) is 44.5 Å². The van der Waals surface area contributed by atoms with E-state index in [2.05, 4.69) is 109 Å². The summed E-state index contributed by atoms with van der Waals surface area (Å²) in [5, 5.41) is 1.33. The molecule has 0 aliphatic heterocycles.